The summed E-state index contributed by atoms with van der Waals surface area (Å²) in [5.74, 6) is 0. The molecular weight excluding hydrogens is 256 g/mol. The number of nitrogens with one attached hydrogen (secondary N) is 1. The molecule has 0 aromatic carbocycles. The number of aromatic nitrogens is 2. The Morgan fingerprint density at radius 3 is 3.05 bits per heavy atom. The van der Waals surface area contributed by atoms with Gasteiger partial charge < -0.3 is 15.6 Å². The largest absolute Gasteiger partial charge is 0.394 e. The number of H-pyrrole nitrogens is 1. The third-order valence-electron chi connectivity index (χ3n) is 2.89. The molecule has 0 saturated carbocycles. The average molecular weight is 268 g/mol. The maximum atomic E-state index is 11.6. The van der Waals surface area contributed by atoms with E-state index in [-0.39, 0.29) is 18.7 Å². The molecule has 3 atom stereocenters. The predicted molar refractivity (Wildman–Crippen MR) is 64.3 cm³/mol. The van der Waals surface area contributed by atoms with Crippen molar-refractivity contribution in [1.29, 1.82) is 0 Å². The average Bonchev–Trinajstić information content (AvgIpc) is 2.77. The minimum atomic E-state index is -0.751. The van der Waals surface area contributed by atoms with Crippen LogP contribution in [0.25, 0.3) is 10.4 Å². The second kappa shape index (κ2) is 5.14. The SMILES string of the molecule is [N-]=[N+]=NC1C[C@@H](n2cc(N)c(=O)[nH]c2=O)O[C@H]1CO. The number of hydrogen-bond acceptors (Lipinski definition) is 6. The lowest BCUT2D eigenvalue weighted by Gasteiger charge is -2.14. The number of anilines is 1. The summed E-state index contributed by atoms with van der Waals surface area (Å²) < 4.78 is 6.51. The van der Waals surface area contributed by atoms with E-state index in [4.69, 9.17) is 21.1 Å². The summed E-state index contributed by atoms with van der Waals surface area (Å²) in [6.07, 6.45) is -0.0698. The number of nitrogens with zero attached hydrogens (tertiary/aromatic N) is 4. The number of aliphatic hydroxyl groups is 1. The van der Waals surface area contributed by atoms with Gasteiger partial charge in [0.15, 0.2) is 0 Å². The van der Waals surface area contributed by atoms with Crippen molar-refractivity contribution in [3.05, 3.63) is 37.5 Å². The van der Waals surface area contributed by atoms with Crippen molar-refractivity contribution in [1.82, 2.24) is 9.55 Å². The molecule has 1 saturated heterocycles. The molecule has 1 aliphatic heterocycles. The van der Waals surface area contributed by atoms with Crippen molar-refractivity contribution in [3.8, 4) is 0 Å². The molecule has 1 aromatic rings. The Bertz CT molecular complexity index is 630. The van der Waals surface area contributed by atoms with Crippen LogP contribution < -0.4 is 17.0 Å². The third-order valence-corrected chi connectivity index (χ3v) is 2.89. The van der Waals surface area contributed by atoms with Gasteiger partial charge in [-0.05, 0) is 5.53 Å². The molecule has 0 spiro atoms. The van der Waals surface area contributed by atoms with E-state index in [1.165, 1.54) is 6.20 Å². The summed E-state index contributed by atoms with van der Waals surface area (Å²) in [4.78, 5) is 27.5. The topological polar surface area (TPSA) is 159 Å². The lowest BCUT2D eigenvalue weighted by Crippen LogP contribution is -2.33. The van der Waals surface area contributed by atoms with Crippen molar-refractivity contribution in [2.24, 2.45) is 5.11 Å². The summed E-state index contributed by atoms with van der Waals surface area (Å²) in [6, 6.07) is -0.583. The minimum Gasteiger partial charge on any atom is -0.394 e. The standard InChI is InChI=1S/C9H12N6O4/c10-4-2-15(9(18)12-8(4)17)7-1-5(13-14-11)6(3-16)19-7/h2,5-7,16H,1,3,10H2,(H,12,17,18)/t5?,6-,7-/m0/s1. The van der Waals surface area contributed by atoms with Crippen LogP contribution in [0.2, 0.25) is 0 Å². The van der Waals surface area contributed by atoms with E-state index in [9.17, 15) is 9.59 Å². The summed E-state index contributed by atoms with van der Waals surface area (Å²) >= 11 is 0. The molecule has 0 aliphatic carbocycles. The van der Waals surface area contributed by atoms with Gasteiger partial charge in [-0.2, -0.15) is 0 Å². The van der Waals surface area contributed by atoms with Crippen LogP contribution in [0.4, 0.5) is 5.69 Å². The highest BCUT2D eigenvalue weighted by Gasteiger charge is 2.35. The van der Waals surface area contributed by atoms with Crippen molar-refractivity contribution in [2.45, 2.75) is 24.8 Å². The first-order chi connectivity index (χ1) is 9.06. The molecule has 0 radical (unpaired) electrons. The molecule has 10 heteroatoms. The van der Waals surface area contributed by atoms with Crippen LogP contribution in [-0.4, -0.2) is 33.4 Å². The van der Waals surface area contributed by atoms with Crippen LogP contribution in [0, 0.1) is 0 Å². The molecule has 19 heavy (non-hydrogen) atoms. The van der Waals surface area contributed by atoms with E-state index in [0.29, 0.717) is 0 Å². The van der Waals surface area contributed by atoms with E-state index in [1.807, 2.05) is 4.98 Å². The first-order valence-electron chi connectivity index (χ1n) is 5.48. The van der Waals surface area contributed by atoms with Gasteiger partial charge in [-0.15, -0.1) is 0 Å². The van der Waals surface area contributed by atoms with E-state index < -0.39 is 29.6 Å². The lowest BCUT2D eigenvalue weighted by molar-refractivity contribution is -0.0269. The van der Waals surface area contributed by atoms with Crippen molar-refractivity contribution >= 4 is 5.69 Å². The molecular formula is C9H12N6O4. The van der Waals surface area contributed by atoms with Gasteiger partial charge in [-0.3, -0.25) is 14.3 Å². The third kappa shape index (κ3) is 2.45. The number of nitrogens with two attached hydrogens (primary N) is 1. The molecule has 102 valence electrons. The van der Waals surface area contributed by atoms with Crippen LogP contribution in [0.15, 0.2) is 20.9 Å². The number of azide groups is 1. The van der Waals surface area contributed by atoms with E-state index >= 15 is 0 Å². The van der Waals surface area contributed by atoms with Gasteiger partial charge in [0.25, 0.3) is 5.56 Å². The van der Waals surface area contributed by atoms with Crippen LogP contribution in [0.5, 0.6) is 0 Å². The predicted octanol–water partition coefficient (Wildman–Crippen LogP) is -0.923. The van der Waals surface area contributed by atoms with Crippen LogP contribution in [0.3, 0.4) is 0 Å². The number of hydrogen-bond donors (Lipinski definition) is 3. The fourth-order valence-corrected chi connectivity index (χ4v) is 1.95. The second-order valence-electron chi connectivity index (χ2n) is 4.07. The van der Waals surface area contributed by atoms with E-state index in [0.717, 1.165) is 4.57 Å². The Kier molecular flexibility index (Phi) is 3.56. The number of ether oxygens (including phenoxy) is 1. The van der Waals surface area contributed by atoms with Crippen molar-refractivity contribution in [3.63, 3.8) is 0 Å². The van der Waals surface area contributed by atoms with Gasteiger partial charge >= 0.3 is 5.69 Å². The Labute approximate surface area is 106 Å². The van der Waals surface area contributed by atoms with Crippen LogP contribution in [0.1, 0.15) is 12.6 Å². The molecule has 1 fully saturated rings. The van der Waals surface area contributed by atoms with Crippen LogP contribution >= 0.6 is 0 Å². The normalized spacial score (nSPS) is 26.1. The molecule has 1 aromatic heterocycles. The smallest absolute Gasteiger partial charge is 0.330 e. The zero-order valence-electron chi connectivity index (χ0n) is 9.76. The zero-order chi connectivity index (χ0) is 14.0. The molecule has 1 aliphatic rings. The van der Waals surface area contributed by atoms with Crippen molar-refractivity contribution < 1.29 is 9.84 Å². The van der Waals surface area contributed by atoms with E-state index in [1.54, 1.807) is 0 Å². The van der Waals surface area contributed by atoms with Gasteiger partial charge in [-0.1, -0.05) is 5.11 Å². The van der Waals surface area contributed by atoms with Gasteiger partial charge in [0.2, 0.25) is 0 Å². The fraction of sp³-hybridized carbons (Fsp3) is 0.556. The van der Waals surface area contributed by atoms with Gasteiger partial charge in [0.05, 0.1) is 18.8 Å². The van der Waals surface area contributed by atoms with E-state index in [2.05, 4.69) is 10.0 Å². The maximum absolute atomic E-state index is 11.6. The Morgan fingerprint density at radius 1 is 1.68 bits per heavy atom. The second-order valence-corrected chi connectivity index (χ2v) is 4.07. The number of rotatable bonds is 3. The number of aliphatic hydroxyl groups excluding tert-OH is 1. The summed E-state index contributed by atoms with van der Waals surface area (Å²) in [7, 11) is 0. The zero-order valence-corrected chi connectivity index (χ0v) is 9.76. The van der Waals surface area contributed by atoms with Crippen molar-refractivity contribution in [2.75, 3.05) is 12.3 Å². The number of aromatic amines is 1. The summed E-state index contributed by atoms with van der Waals surface area (Å²) in [5.41, 5.74) is 12.4. The Morgan fingerprint density at radius 2 is 2.42 bits per heavy atom. The molecule has 2 heterocycles. The van der Waals surface area contributed by atoms with Crippen LogP contribution in [-0.2, 0) is 4.74 Å². The quantitative estimate of drug-likeness (QED) is 0.366. The fourth-order valence-electron chi connectivity index (χ4n) is 1.95. The first kappa shape index (κ1) is 13.1. The van der Waals surface area contributed by atoms with Gasteiger partial charge in [0.1, 0.15) is 11.9 Å². The van der Waals surface area contributed by atoms with Gasteiger partial charge in [0, 0.05) is 17.5 Å². The molecule has 1 unspecified atom stereocenters. The number of nitrogen functional groups attached to an aromatic ring is 1. The molecule has 10 nitrogen and oxygen atoms in total. The highest BCUT2D eigenvalue weighted by molar-refractivity contribution is 5.30. The molecule has 0 bridgehead atoms. The summed E-state index contributed by atoms with van der Waals surface area (Å²) in [5, 5.41) is 12.6. The molecule has 0 amide bonds. The molecule has 2 rings (SSSR count). The minimum absolute atomic E-state index is 0.129. The summed E-state index contributed by atoms with van der Waals surface area (Å²) in [6.45, 7) is -0.340. The lowest BCUT2D eigenvalue weighted by atomic mass is 10.1. The highest BCUT2D eigenvalue weighted by atomic mass is 16.5. The Hall–Kier alpha value is -2.29. The van der Waals surface area contributed by atoms with Gasteiger partial charge in [-0.25, -0.2) is 4.79 Å². The monoisotopic (exact) mass is 268 g/mol. The highest BCUT2D eigenvalue weighted by Crippen LogP contribution is 2.29. The Balaban J connectivity index is 2.34. The first-order valence-corrected chi connectivity index (χ1v) is 5.48. The maximum Gasteiger partial charge on any atom is 0.330 e. The molecule has 4 N–H and O–H groups in total.